The fourth-order valence-corrected chi connectivity index (χ4v) is 1.90. The van der Waals surface area contributed by atoms with Crippen LogP contribution < -0.4 is 5.73 Å². The summed E-state index contributed by atoms with van der Waals surface area (Å²) in [7, 11) is 2.05. The Balaban J connectivity index is 2.09. The molecule has 0 radical (unpaired) electrons. The van der Waals surface area contributed by atoms with E-state index in [2.05, 4.69) is 27.6 Å². The number of nitrogens with zero attached hydrogens (tertiary/aromatic N) is 3. The monoisotopic (exact) mass is 218 g/mol. The van der Waals surface area contributed by atoms with Crippen molar-refractivity contribution in [2.75, 3.05) is 6.54 Å². The van der Waals surface area contributed by atoms with Gasteiger partial charge < -0.3 is 10.3 Å². The molecule has 0 saturated carbocycles. The first kappa shape index (κ1) is 11.1. The molecule has 0 amide bonds. The van der Waals surface area contributed by atoms with Crippen LogP contribution in [0.15, 0.2) is 18.3 Å². The molecule has 86 valence electrons. The highest BCUT2D eigenvalue weighted by molar-refractivity contribution is 5.71. The predicted molar refractivity (Wildman–Crippen MR) is 65.1 cm³/mol. The van der Waals surface area contributed by atoms with Crippen LogP contribution in [0.4, 0.5) is 0 Å². The summed E-state index contributed by atoms with van der Waals surface area (Å²) in [4.78, 5) is 8.79. The van der Waals surface area contributed by atoms with Gasteiger partial charge >= 0.3 is 0 Å². The number of hydrogen-bond acceptors (Lipinski definition) is 3. The van der Waals surface area contributed by atoms with Crippen molar-refractivity contribution in [1.29, 1.82) is 0 Å². The van der Waals surface area contributed by atoms with Gasteiger partial charge in [-0.3, -0.25) is 0 Å². The van der Waals surface area contributed by atoms with Gasteiger partial charge in [0.05, 0.1) is 5.52 Å². The van der Waals surface area contributed by atoms with Gasteiger partial charge in [0.1, 0.15) is 5.82 Å². The van der Waals surface area contributed by atoms with E-state index in [1.54, 1.807) is 6.20 Å². The van der Waals surface area contributed by atoms with E-state index in [1.807, 2.05) is 6.07 Å². The van der Waals surface area contributed by atoms with E-state index < -0.39 is 0 Å². The Morgan fingerprint density at radius 1 is 1.31 bits per heavy atom. The van der Waals surface area contributed by atoms with Gasteiger partial charge in [-0.2, -0.15) is 0 Å². The van der Waals surface area contributed by atoms with Crippen LogP contribution in [0.1, 0.15) is 25.1 Å². The summed E-state index contributed by atoms with van der Waals surface area (Å²) < 4.78 is 2.13. The molecule has 2 rings (SSSR count). The molecule has 0 bridgehead atoms. The topological polar surface area (TPSA) is 56.7 Å². The standard InChI is InChI=1S/C12H18N4/c1-16-10-6-5-9-14-12(10)15-11(16)7-3-2-4-8-13/h5-6,9H,2-4,7-8,13H2,1H3. The van der Waals surface area contributed by atoms with Gasteiger partial charge in [0, 0.05) is 19.7 Å². The lowest BCUT2D eigenvalue weighted by Crippen LogP contribution is -2.01. The summed E-state index contributed by atoms with van der Waals surface area (Å²) >= 11 is 0. The van der Waals surface area contributed by atoms with E-state index in [-0.39, 0.29) is 0 Å². The van der Waals surface area contributed by atoms with Crippen molar-refractivity contribution in [2.24, 2.45) is 12.8 Å². The lowest BCUT2D eigenvalue weighted by atomic mass is 10.2. The van der Waals surface area contributed by atoms with Crippen molar-refractivity contribution < 1.29 is 0 Å². The fourth-order valence-electron chi connectivity index (χ4n) is 1.90. The molecule has 2 aromatic rings. The maximum Gasteiger partial charge on any atom is 0.177 e. The van der Waals surface area contributed by atoms with Crippen LogP contribution in [-0.4, -0.2) is 21.1 Å². The molecule has 4 heteroatoms. The summed E-state index contributed by atoms with van der Waals surface area (Å²) in [5.74, 6) is 1.12. The number of hydrogen-bond donors (Lipinski definition) is 1. The molecule has 0 aliphatic heterocycles. The maximum absolute atomic E-state index is 5.47. The molecule has 2 heterocycles. The minimum Gasteiger partial charge on any atom is -0.330 e. The highest BCUT2D eigenvalue weighted by Crippen LogP contribution is 2.13. The van der Waals surface area contributed by atoms with Gasteiger partial charge in [-0.15, -0.1) is 0 Å². The average Bonchev–Trinajstić information content (AvgIpc) is 2.63. The zero-order valence-corrected chi connectivity index (χ0v) is 9.69. The van der Waals surface area contributed by atoms with Crippen LogP contribution in [0.5, 0.6) is 0 Å². The minimum atomic E-state index is 0.782. The molecule has 0 fully saturated rings. The largest absolute Gasteiger partial charge is 0.330 e. The molecule has 0 atom stereocenters. The Morgan fingerprint density at radius 3 is 2.94 bits per heavy atom. The van der Waals surface area contributed by atoms with Gasteiger partial charge in [0.2, 0.25) is 0 Å². The summed E-state index contributed by atoms with van der Waals surface area (Å²) in [5, 5.41) is 0. The Morgan fingerprint density at radius 2 is 2.19 bits per heavy atom. The second-order valence-electron chi connectivity index (χ2n) is 4.03. The van der Waals surface area contributed by atoms with Crippen LogP contribution in [0.2, 0.25) is 0 Å². The average molecular weight is 218 g/mol. The number of nitrogens with two attached hydrogens (primary N) is 1. The smallest absolute Gasteiger partial charge is 0.177 e. The Bertz CT molecular complexity index is 461. The molecule has 0 aliphatic carbocycles. The summed E-state index contributed by atoms with van der Waals surface area (Å²) in [6, 6.07) is 4.00. The van der Waals surface area contributed by atoms with Crippen LogP contribution in [0.25, 0.3) is 11.2 Å². The molecular formula is C12H18N4. The van der Waals surface area contributed by atoms with Gasteiger partial charge in [-0.05, 0) is 31.5 Å². The molecule has 4 nitrogen and oxygen atoms in total. The molecule has 16 heavy (non-hydrogen) atoms. The molecule has 0 saturated heterocycles. The highest BCUT2D eigenvalue weighted by Gasteiger charge is 2.06. The molecule has 0 aromatic carbocycles. The quantitative estimate of drug-likeness (QED) is 0.776. The number of unbranched alkanes of at least 4 members (excludes halogenated alkanes) is 2. The van der Waals surface area contributed by atoms with E-state index in [0.717, 1.165) is 42.8 Å². The van der Waals surface area contributed by atoms with E-state index in [0.29, 0.717) is 0 Å². The highest BCUT2D eigenvalue weighted by atomic mass is 15.1. The zero-order chi connectivity index (χ0) is 11.4. The number of pyridine rings is 1. The number of aryl methyl sites for hydroxylation is 2. The third-order valence-corrected chi connectivity index (χ3v) is 2.85. The van der Waals surface area contributed by atoms with Crippen LogP contribution in [0, 0.1) is 0 Å². The Kier molecular flexibility index (Phi) is 3.51. The van der Waals surface area contributed by atoms with Crippen molar-refractivity contribution in [3.05, 3.63) is 24.2 Å². The SMILES string of the molecule is Cn1c(CCCCCN)nc2ncccc21. The second kappa shape index (κ2) is 5.07. The first-order chi connectivity index (χ1) is 7.83. The normalized spacial score (nSPS) is 11.1. The number of imidazole rings is 1. The molecule has 0 spiro atoms. The number of rotatable bonds is 5. The Hall–Kier alpha value is -1.42. The van der Waals surface area contributed by atoms with Crippen molar-refractivity contribution >= 4 is 11.2 Å². The molecule has 0 aliphatic rings. The minimum absolute atomic E-state index is 0.782. The molecular weight excluding hydrogens is 200 g/mol. The van der Waals surface area contributed by atoms with E-state index in [9.17, 15) is 0 Å². The predicted octanol–water partition coefficient (Wildman–Crippen LogP) is 1.64. The lowest BCUT2D eigenvalue weighted by Gasteiger charge is -2.01. The summed E-state index contributed by atoms with van der Waals surface area (Å²) in [6.07, 6.45) is 6.21. The summed E-state index contributed by atoms with van der Waals surface area (Å²) in [5.41, 5.74) is 7.42. The first-order valence-electron chi connectivity index (χ1n) is 5.79. The second-order valence-corrected chi connectivity index (χ2v) is 4.03. The van der Waals surface area contributed by atoms with Crippen molar-refractivity contribution in [3.8, 4) is 0 Å². The van der Waals surface area contributed by atoms with Crippen LogP contribution in [-0.2, 0) is 13.5 Å². The van der Waals surface area contributed by atoms with Crippen LogP contribution >= 0.6 is 0 Å². The molecule has 2 aromatic heterocycles. The fraction of sp³-hybridized carbons (Fsp3) is 0.500. The third kappa shape index (κ3) is 2.22. The maximum atomic E-state index is 5.47. The zero-order valence-electron chi connectivity index (χ0n) is 9.69. The van der Waals surface area contributed by atoms with E-state index >= 15 is 0 Å². The van der Waals surface area contributed by atoms with Crippen LogP contribution in [0.3, 0.4) is 0 Å². The van der Waals surface area contributed by atoms with Crippen molar-refractivity contribution in [1.82, 2.24) is 14.5 Å². The van der Waals surface area contributed by atoms with E-state index in [1.165, 1.54) is 6.42 Å². The van der Waals surface area contributed by atoms with Gasteiger partial charge in [0.25, 0.3) is 0 Å². The first-order valence-corrected chi connectivity index (χ1v) is 5.79. The number of fused-ring (bicyclic) bond motifs is 1. The number of aromatic nitrogens is 3. The van der Waals surface area contributed by atoms with Gasteiger partial charge in [0.15, 0.2) is 5.65 Å². The van der Waals surface area contributed by atoms with Crippen molar-refractivity contribution in [3.63, 3.8) is 0 Å². The molecule has 2 N–H and O–H groups in total. The molecule has 0 unspecified atom stereocenters. The summed E-state index contributed by atoms with van der Waals surface area (Å²) in [6.45, 7) is 0.782. The van der Waals surface area contributed by atoms with Crippen molar-refractivity contribution in [2.45, 2.75) is 25.7 Å². The Labute approximate surface area is 95.5 Å². The lowest BCUT2D eigenvalue weighted by molar-refractivity contribution is 0.656. The third-order valence-electron chi connectivity index (χ3n) is 2.85. The van der Waals surface area contributed by atoms with Gasteiger partial charge in [-0.1, -0.05) is 6.42 Å². The van der Waals surface area contributed by atoms with Gasteiger partial charge in [-0.25, -0.2) is 9.97 Å². The van der Waals surface area contributed by atoms with E-state index in [4.69, 9.17) is 5.73 Å².